The van der Waals surface area contributed by atoms with Gasteiger partial charge in [0.25, 0.3) is 0 Å². The van der Waals surface area contributed by atoms with Crippen molar-refractivity contribution in [1.82, 2.24) is 4.90 Å². The Bertz CT molecular complexity index is 920. The minimum atomic E-state index is -0.501. The van der Waals surface area contributed by atoms with Crippen LogP contribution in [0.15, 0.2) is 54.6 Å². The lowest BCUT2D eigenvalue weighted by Crippen LogP contribution is -2.44. The number of amides is 2. The highest BCUT2D eigenvalue weighted by atomic mass is 16.2. The molecule has 26 heavy (non-hydrogen) atoms. The van der Waals surface area contributed by atoms with E-state index in [4.69, 9.17) is 0 Å². The van der Waals surface area contributed by atoms with Crippen LogP contribution in [0.5, 0.6) is 0 Å². The van der Waals surface area contributed by atoms with E-state index in [1.54, 1.807) is 0 Å². The van der Waals surface area contributed by atoms with Gasteiger partial charge in [-0.3, -0.25) is 19.3 Å². The van der Waals surface area contributed by atoms with E-state index in [1.165, 1.54) is 4.90 Å². The van der Waals surface area contributed by atoms with Crippen LogP contribution in [0.25, 0.3) is 0 Å². The van der Waals surface area contributed by atoms with Crippen LogP contribution in [0.3, 0.4) is 0 Å². The van der Waals surface area contributed by atoms with Crippen LogP contribution in [0.1, 0.15) is 34.9 Å². The zero-order chi connectivity index (χ0) is 17.8. The standard InChI is InChI=1S/C22H19NO3/c24-17-12-16-14-8-4-5-9-15(14)18(17)20-19(16)21(25)23(22(20)26)11-10-13-6-2-1-3-7-13/h1-9,16,18-20H,10-12H2/t16-,18-,19+,20+/m0/s1. The number of Topliss-reactive ketones (excluding diaryl/α,β-unsaturated/α-hetero) is 1. The summed E-state index contributed by atoms with van der Waals surface area (Å²) in [6.07, 6.45) is 1.03. The van der Waals surface area contributed by atoms with Gasteiger partial charge in [-0.1, -0.05) is 54.6 Å². The van der Waals surface area contributed by atoms with Crippen LogP contribution in [0.2, 0.25) is 0 Å². The number of carbonyl (C=O) groups is 3. The fourth-order valence-corrected chi connectivity index (χ4v) is 5.13. The molecular formula is C22H19NO3. The van der Waals surface area contributed by atoms with Gasteiger partial charge in [-0.05, 0) is 23.1 Å². The maximum Gasteiger partial charge on any atom is 0.234 e. The minimum absolute atomic E-state index is 0.0899. The number of ketones is 1. The van der Waals surface area contributed by atoms with Crippen molar-refractivity contribution in [1.29, 1.82) is 0 Å². The molecule has 0 radical (unpaired) electrons. The molecule has 4 aliphatic rings. The van der Waals surface area contributed by atoms with Gasteiger partial charge in [-0.25, -0.2) is 0 Å². The molecule has 2 amide bonds. The van der Waals surface area contributed by atoms with Gasteiger partial charge in [0.05, 0.1) is 17.8 Å². The average molecular weight is 345 g/mol. The molecule has 0 N–H and O–H groups in total. The van der Waals surface area contributed by atoms with Crippen molar-refractivity contribution in [2.24, 2.45) is 11.8 Å². The van der Waals surface area contributed by atoms with E-state index >= 15 is 0 Å². The second-order valence-corrected chi connectivity index (χ2v) is 7.50. The molecular weight excluding hydrogens is 326 g/mol. The number of nitrogens with zero attached hydrogens (tertiary/aromatic N) is 1. The summed E-state index contributed by atoms with van der Waals surface area (Å²) in [4.78, 5) is 40.2. The maximum absolute atomic E-state index is 13.1. The molecule has 1 saturated carbocycles. The molecule has 0 aromatic heterocycles. The highest BCUT2D eigenvalue weighted by molar-refractivity contribution is 6.11. The summed E-state index contributed by atoms with van der Waals surface area (Å²) in [5.41, 5.74) is 3.15. The van der Waals surface area contributed by atoms with Gasteiger partial charge in [0, 0.05) is 18.9 Å². The largest absolute Gasteiger partial charge is 0.299 e. The highest BCUT2D eigenvalue weighted by Crippen LogP contribution is 2.57. The van der Waals surface area contributed by atoms with Gasteiger partial charge >= 0.3 is 0 Å². The monoisotopic (exact) mass is 345 g/mol. The van der Waals surface area contributed by atoms with Crippen LogP contribution in [0, 0.1) is 11.8 Å². The molecule has 0 unspecified atom stereocenters. The molecule has 2 fully saturated rings. The number of likely N-dealkylation sites (tertiary alicyclic amines) is 1. The van der Waals surface area contributed by atoms with Crippen LogP contribution < -0.4 is 0 Å². The highest BCUT2D eigenvalue weighted by Gasteiger charge is 2.62. The number of imide groups is 1. The molecule has 1 heterocycles. The molecule has 0 spiro atoms. The summed E-state index contributed by atoms with van der Waals surface area (Å²) in [5, 5.41) is 0. The predicted octanol–water partition coefficient (Wildman–Crippen LogP) is 2.68. The van der Waals surface area contributed by atoms with E-state index in [0.29, 0.717) is 19.4 Å². The molecule has 4 heteroatoms. The Hall–Kier alpha value is -2.75. The van der Waals surface area contributed by atoms with E-state index in [2.05, 4.69) is 0 Å². The van der Waals surface area contributed by atoms with Gasteiger partial charge in [-0.15, -0.1) is 0 Å². The molecule has 4 nitrogen and oxygen atoms in total. The van der Waals surface area contributed by atoms with Crippen molar-refractivity contribution in [2.75, 3.05) is 6.54 Å². The number of hydrogen-bond donors (Lipinski definition) is 0. The van der Waals surface area contributed by atoms with Gasteiger partial charge in [0.2, 0.25) is 11.8 Å². The van der Waals surface area contributed by atoms with Crippen molar-refractivity contribution in [3.05, 3.63) is 71.3 Å². The smallest absolute Gasteiger partial charge is 0.234 e. The number of rotatable bonds is 3. The fraction of sp³-hybridized carbons (Fsp3) is 0.318. The molecule has 1 saturated heterocycles. The first-order valence-electron chi connectivity index (χ1n) is 9.17. The maximum atomic E-state index is 13.1. The second-order valence-electron chi connectivity index (χ2n) is 7.50. The third kappa shape index (κ3) is 2.05. The Balaban J connectivity index is 1.48. The average Bonchev–Trinajstić information content (AvgIpc) is 2.93. The Kier molecular flexibility index (Phi) is 3.36. The summed E-state index contributed by atoms with van der Waals surface area (Å²) in [7, 11) is 0. The van der Waals surface area contributed by atoms with Crippen LogP contribution in [0.4, 0.5) is 0 Å². The molecule has 2 aromatic carbocycles. The summed E-state index contributed by atoms with van der Waals surface area (Å²) < 4.78 is 0. The lowest BCUT2D eigenvalue weighted by molar-refractivity contribution is -0.140. The zero-order valence-corrected chi connectivity index (χ0v) is 14.3. The number of fused-ring (bicyclic) bond motifs is 1. The first-order valence-corrected chi connectivity index (χ1v) is 9.17. The van der Waals surface area contributed by atoms with Gasteiger partial charge in [0.1, 0.15) is 5.78 Å². The topological polar surface area (TPSA) is 54.5 Å². The van der Waals surface area contributed by atoms with Crippen molar-refractivity contribution < 1.29 is 14.4 Å². The summed E-state index contributed by atoms with van der Waals surface area (Å²) in [5.74, 6) is -1.59. The first kappa shape index (κ1) is 15.5. The Labute approximate surface area is 151 Å². The van der Waals surface area contributed by atoms with E-state index < -0.39 is 11.8 Å². The lowest BCUT2D eigenvalue weighted by Gasteiger charge is -2.43. The Morgan fingerprint density at radius 3 is 2.23 bits per heavy atom. The lowest BCUT2D eigenvalue weighted by atomic mass is 9.56. The second kappa shape index (κ2) is 5.63. The van der Waals surface area contributed by atoms with Crippen LogP contribution >= 0.6 is 0 Å². The Morgan fingerprint density at radius 2 is 1.46 bits per heavy atom. The van der Waals surface area contributed by atoms with Crippen molar-refractivity contribution in [3.63, 3.8) is 0 Å². The Morgan fingerprint density at radius 1 is 0.808 bits per heavy atom. The van der Waals surface area contributed by atoms with Crippen molar-refractivity contribution >= 4 is 17.6 Å². The third-order valence-electron chi connectivity index (χ3n) is 6.25. The quantitative estimate of drug-likeness (QED) is 0.804. The minimum Gasteiger partial charge on any atom is -0.299 e. The third-order valence-corrected chi connectivity index (χ3v) is 6.25. The van der Waals surface area contributed by atoms with E-state index in [1.807, 2.05) is 54.6 Å². The SMILES string of the molecule is O=C1C[C@H]2c3ccccc3[C@@H]1[C@H]1C(=O)N(CCc3ccccc3)C(=O)[C@@H]12. The van der Waals surface area contributed by atoms with Gasteiger partial charge in [-0.2, -0.15) is 0 Å². The summed E-state index contributed by atoms with van der Waals surface area (Å²) in [6, 6.07) is 17.7. The van der Waals surface area contributed by atoms with E-state index in [9.17, 15) is 14.4 Å². The molecule has 2 aromatic rings. The molecule has 3 aliphatic carbocycles. The number of benzene rings is 2. The van der Waals surface area contributed by atoms with Gasteiger partial charge < -0.3 is 0 Å². The van der Waals surface area contributed by atoms with Crippen molar-refractivity contribution in [3.8, 4) is 0 Å². The fourth-order valence-electron chi connectivity index (χ4n) is 5.13. The zero-order valence-electron chi connectivity index (χ0n) is 14.3. The van der Waals surface area contributed by atoms with Crippen LogP contribution in [-0.2, 0) is 20.8 Å². The first-order chi connectivity index (χ1) is 12.7. The van der Waals surface area contributed by atoms with Crippen molar-refractivity contribution in [2.45, 2.75) is 24.7 Å². The van der Waals surface area contributed by atoms with Gasteiger partial charge in [0.15, 0.2) is 0 Å². The molecule has 4 atom stereocenters. The molecule has 130 valence electrons. The van der Waals surface area contributed by atoms with E-state index in [0.717, 1.165) is 16.7 Å². The summed E-state index contributed by atoms with van der Waals surface area (Å²) >= 11 is 0. The summed E-state index contributed by atoms with van der Waals surface area (Å²) in [6.45, 7) is 0.388. The predicted molar refractivity (Wildman–Crippen MR) is 95.4 cm³/mol. The molecule has 2 bridgehead atoms. The molecule has 6 rings (SSSR count). The normalized spacial score (nSPS) is 29.1. The number of carbonyl (C=O) groups excluding carboxylic acids is 3. The molecule has 1 aliphatic heterocycles. The van der Waals surface area contributed by atoms with Crippen LogP contribution in [-0.4, -0.2) is 29.0 Å². The number of hydrogen-bond acceptors (Lipinski definition) is 3. The van der Waals surface area contributed by atoms with E-state index in [-0.39, 0.29) is 29.4 Å².